The number of aromatic nitrogens is 1. The fourth-order valence-corrected chi connectivity index (χ4v) is 4.11. The van der Waals surface area contributed by atoms with E-state index in [4.69, 9.17) is 14.4 Å². The summed E-state index contributed by atoms with van der Waals surface area (Å²) < 4.78 is 10.5. The van der Waals surface area contributed by atoms with Gasteiger partial charge >= 0.3 is 12.1 Å². The molecule has 2 aromatic carbocycles. The van der Waals surface area contributed by atoms with E-state index in [9.17, 15) is 14.4 Å². The van der Waals surface area contributed by atoms with Crippen LogP contribution in [0.3, 0.4) is 0 Å². The molecule has 1 aliphatic carbocycles. The molecular weight excluding hydrogens is 438 g/mol. The Labute approximate surface area is 196 Å². The number of aliphatic carboxylic acids is 1. The first-order valence-corrected chi connectivity index (χ1v) is 10.9. The average Bonchev–Trinajstić information content (AvgIpc) is 3.39. The second kappa shape index (κ2) is 10.2. The fraction of sp³-hybridized carbons (Fsp3) is 0.280. The minimum absolute atomic E-state index is 0.0754. The number of carbonyl (C=O) groups is 3. The molecule has 3 N–H and O–H groups in total. The lowest BCUT2D eigenvalue weighted by molar-refractivity contribution is -0.137. The third-order valence-electron chi connectivity index (χ3n) is 5.90. The molecule has 1 atom stereocenters. The molecule has 1 unspecified atom stereocenters. The quantitative estimate of drug-likeness (QED) is 0.443. The minimum atomic E-state index is -1.07. The molecule has 2 amide bonds. The van der Waals surface area contributed by atoms with Gasteiger partial charge in [-0.05, 0) is 35.6 Å². The maximum absolute atomic E-state index is 12.7. The Hall–Kier alpha value is -4.14. The Bertz CT molecular complexity index is 1160. The van der Waals surface area contributed by atoms with Crippen molar-refractivity contribution in [3.05, 3.63) is 77.2 Å². The Kier molecular flexibility index (Phi) is 6.91. The van der Waals surface area contributed by atoms with E-state index >= 15 is 0 Å². The zero-order chi connectivity index (χ0) is 24.1. The van der Waals surface area contributed by atoms with Gasteiger partial charge in [-0.3, -0.25) is 9.59 Å². The number of alkyl carbamates (subject to hydrolysis) is 1. The van der Waals surface area contributed by atoms with Crippen LogP contribution >= 0.6 is 0 Å². The van der Waals surface area contributed by atoms with E-state index in [0.29, 0.717) is 11.3 Å². The highest BCUT2D eigenvalue weighted by molar-refractivity contribution is 5.86. The molecular formula is C25H25N3O6. The number of aryl methyl sites for hydroxylation is 1. The molecule has 0 spiro atoms. The van der Waals surface area contributed by atoms with Gasteiger partial charge in [0.05, 0.1) is 6.20 Å². The first-order valence-electron chi connectivity index (χ1n) is 10.9. The number of benzene rings is 2. The lowest BCUT2D eigenvalue weighted by Gasteiger charge is -2.19. The predicted octanol–water partition coefficient (Wildman–Crippen LogP) is 3.37. The fourth-order valence-electron chi connectivity index (χ4n) is 4.11. The van der Waals surface area contributed by atoms with E-state index in [1.54, 1.807) is 6.92 Å². The Morgan fingerprint density at radius 3 is 2.32 bits per heavy atom. The number of carbonyl (C=O) groups excluding carboxylic acids is 2. The maximum Gasteiger partial charge on any atom is 0.407 e. The summed E-state index contributed by atoms with van der Waals surface area (Å²) in [6.45, 7) is 1.95. The number of nitrogens with zero attached hydrogens (tertiary/aromatic N) is 1. The number of amides is 2. The summed E-state index contributed by atoms with van der Waals surface area (Å²) in [4.78, 5) is 36.3. The van der Waals surface area contributed by atoms with Crippen molar-refractivity contribution in [2.45, 2.75) is 38.3 Å². The van der Waals surface area contributed by atoms with E-state index in [1.165, 1.54) is 6.20 Å². The molecule has 34 heavy (non-hydrogen) atoms. The molecule has 0 saturated heterocycles. The average molecular weight is 463 g/mol. The zero-order valence-corrected chi connectivity index (χ0v) is 18.6. The van der Waals surface area contributed by atoms with E-state index in [-0.39, 0.29) is 31.9 Å². The number of carboxylic acids is 1. The molecule has 9 nitrogen and oxygen atoms in total. The summed E-state index contributed by atoms with van der Waals surface area (Å²) in [5.41, 5.74) is 5.04. The third-order valence-corrected chi connectivity index (χ3v) is 5.90. The predicted molar refractivity (Wildman–Crippen MR) is 122 cm³/mol. The molecule has 0 fully saturated rings. The second-order valence-electron chi connectivity index (χ2n) is 8.08. The molecule has 9 heteroatoms. The van der Waals surface area contributed by atoms with Crippen molar-refractivity contribution in [1.29, 1.82) is 0 Å². The highest BCUT2D eigenvalue weighted by atomic mass is 16.5. The van der Waals surface area contributed by atoms with Gasteiger partial charge in [0.1, 0.15) is 18.4 Å². The molecule has 3 aromatic rings. The van der Waals surface area contributed by atoms with Crippen LogP contribution in [0.5, 0.6) is 0 Å². The van der Waals surface area contributed by atoms with E-state index < -0.39 is 24.0 Å². The standard InChI is InChI=1S/C25H25N3O6/c1-15-16(13-27-34-15)12-26-24(31)22(10-11-23(29)30)28-25(32)33-14-21-19-8-4-2-6-17(19)18-7-3-5-9-20(18)21/h2-9,13,21-22H,10-12,14H2,1H3,(H,26,31)(H,28,32)(H,29,30). The van der Waals surface area contributed by atoms with Crippen LogP contribution in [-0.2, 0) is 20.9 Å². The van der Waals surface area contributed by atoms with Crippen molar-refractivity contribution in [3.8, 4) is 11.1 Å². The van der Waals surface area contributed by atoms with Crippen molar-refractivity contribution in [3.63, 3.8) is 0 Å². The zero-order valence-electron chi connectivity index (χ0n) is 18.6. The van der Waals surface area contributed by atoms with Crippen LogP contribution in [0.2, 0.25) is 0 Å². The van der Waals surface area contributed by atoms with Crippen molar-refractivity contribution in [1.82, 2.24) is 15.8 Å². The first-order chi connectivity index (χ1) is 16.4. The molecule has 0 saturated carbocycles. The monoisotopic (exact) mass is 463 g/mol. The summed E-state index contributed by atoms with van der Waals surface area (Å²) in [6, 6.07) is 14.9. The summed E-state index contributed by atoms with van der Waals surface area (Å²) in [6.07, 6.45) is 0.344. The van der Waals surface area contributed by atoms with Crippen LogP contribution in [-0.4, -0.2) is 40.9 Å². The molecule has 4 rings (SSSR count). The smallest absolute Gasteiger partial charge is 0.407 e. The molecule has 0 bridgehead atoms. The van der Waals surface area contributed by atoms with Gasteiger partial charge < -0.3 is 25.0 Å². The number of fused-ring (bicyclic) bond motifs is 3. The van der Waals surface area contributed by atoms with Crippen molar-refractivity contribution in [2.24, 2.45) is 0 Å². The van der Waals surface area contributed by atoms with Crippen LogP contribution in [0.4, 0.5) is 4.79 Å². The van der Waals surface area contributed by atoms with Gasteiger partial charge in [-0.25, -0.2) is 4.79 Å². The number of carboxylic acid groups (broad SMARTS) is 1. The lowest BCUT2D eigenvalue weighted by Crippen LogP contribution is -2.47. The van der Waals surface area contributed by atoms with Crippen LogP contribution < -0.4 is 10.6 Å². The van der Waals surface area contributed by atoms with Gasteiger partial charge in [0.2, 0.25) is 5.91 Å². The summed E-state index contributed by atoms with van der Waals surface area (Å²) in [5.74, 6) is -1.15. The highest BCUT2D eigenvalue weighted by Gasteiger charge is 2.30. The number of hydrogen-bond donors (Lipinski definition) is 3. The van der Waals surface area contributed by atoms with Crippen LogP contribution in [0, 0.1) is 6.92 Å². The molecule has 1 heterocycles. The molecule has 0 aliphatic heterocycles. The summed E-state index contributed by atoms with van der Waals surface area (Å²) in [7, 11) is 0. The first kappa shape index (κ1) is 23.0. The van der Waals surface area contributed by atoms with E-state index in [2.05, 4.69) is 15.8 Å². The number of nitrogens with one attached hydrogen (secondary N) is 2. The van der Waals surface area contributed by atoms with E-state index in [0.717, 1.165) is 22.3 Å². The second-order valence-corrected chi connectivity index (χ2v) is 8.08. The van der Waals surface area contributed by atoms with Gasteiger partial charge in [0.15, 0.2) is 0 Å². The van der Waals surface area contributed by atoms with Crippen LogP contribution in [0.25, 0.3) is 11.1 Å². The Balaban J connectivity index is 1.39. The minimum Gasteiger partial charge on any atom is -0.481 e. The largest absolute Gasteiger partial charge is 0.481 e. The number of ether oxygens (including phenoxy) is 1. The Morgan fingerprint density at radius 2 is 1.74 bits per heavy atom. The summed E-state index contributed by atoms with van der Waals surface area (Å²) in [5, 5.41) is 17.9. The van der Waals surface area contributed by atoms with Crippen LogP contribution in [0.1, 0.15) is 41.2 Å². The molecule has 176 valence electrons. The van der Waals surface area contributed by atoms with Gasteiger partial charge in [0, 0.05) is 24.4 Å². The van der Waals surface area contributed by atoms with Gasteiger partial charge in [0.25, 0.3) is 0 Å². The highest BCUT2D eigenvalue weighted by Crippen LogP contribution is 2.44. The number of rotatable bonds is 9. The van der Waals surface area contributed by atoms with Crippen molar-refractivity contribution in [2.75, 3.05) is 6.61 Å². The van der Waals surface area contributed by atoms with Crippen molar-refractivity contribution < 1.29 is 28.8 Å². The lowest BCUT2D eigenvalue weighted by atomic mass is 9.98. The molecule has 1 aromatic heterocycles. The number of hydrogen-bond acceptors (Lipinski definition) is 6. The Morgan fingerprint density at radius 1 is 1.09 bits per heavy atom. The van der Waals surface area contributed by atoms with Crippen molar-refractivity contribution >= 4 is 18.0 Å². The molecule has 1 aliphatic rings. The normalized spacial score (nSPS) is 13.0. The molecule has 0 radical (unpaired) electrons. The SMILES string of the molecule is Cc1oncc1CNC(=O)C(CCC(=O)O)NC(=O)OCC1c2ccccc2-c2ccccc21. The van der Waals surface area contributed by atoms with Crippen LogP contribution in [0.15, 0.2) is 59.3 Å². The third kappa shape index (κ3) is 5.09. The topological polar surface area (TPSA) is 131 Å². The van der Waals surface area contributed by atoms with Gasteiger partial charge in [-0.1, -0.05) is 53.7 Å². The maximum atomic E-state index is 12.7. The van der Waals surface area contributed by atoms with Gasteiger partial charge in [-0.2, -0.15) is 0 Å². The summed E-state index contributed by atoms with van der Waals surface area (Å²) >= 11 is 0. The van der Waals surface area contributed by atoms with E-state index in [1.807, 2.05) is 48.5 Å². The van der Waals surface area contributed by atoms with Gasteiger partial charge in [-0.15, -0.1) is 0 Å².